The summed E-state index contributed by atoms with van der Waals surface area (Å²) in [6, 6.07) is 7.95. The number of sulfone groups is 1. The summed E-state index contributed by atoms with van der Waals surface area (Å²) in [6.07, 6.45) is 1.16. The van der Waals surface area contributed by atoms with E-state index in [4.69, 9.17) is 4.42 Å². The lowest BCUT2D eigenvalue weighted by Gasteiger charge is -2.14. The van der Waals surface area contributed by atoms with Crippen LogP contribution in [0.5, 0.6) is 0 Å². The molecule has 0 aliphatic heterocycles. The number of benzene rings is 1. The Morgan fingerprint density at radius 3 is 2.23 bits per heavy atom. The van der Waals surface area contributed by atoms with Gasteiger partial charge in [0.25, 0.3) is 5.91 Å². The maximum atomic E-state index is 12.2. The average Bonchev–Trinajstić information content (AvgIpc) is 2.77. The first-order valence-corrected chi connectivity index (χ1v) is 8.75. The molecular formula is C16H19NO4S. The van der Waals surface area contributed by atoms with Gasteiger partial charge in [0.1, 0.15) is 11.5 Å². The van der Waals surface area contributed by atoms with Crippen LogP contribution in [0.2, 0.25) is 0 Å². The van der Waals surface area contributed by atoms with E-state index in [1.807, 2.05) is 6.92 Å². The minimum atomic E-state index is -3.21. The third kappa shape index (κ3) is 3.57. The van der Waals surface area contributed by atoms with Gasteiger partial charge in [-0.25, -0.2) is 8.42 Å². The fraction of sp³-hybridized carbons (Fsp3) is 0.312. The van der Waals surface area contributed by atoms with Crippen LogP contribution in [0.1, 0.15) is 40.4 Å². The number of hydrogen-bond donors (Lipinski definition) is 1. The van der Waals surface area contributed by atoms with E-state index in [2.05, 4.69) is 5.32 Å². The number of carbonyl (C=O) groups excluding carboxylic acids is 1. The second kappa shape index (κ2) is 5.96. The van der Waals surface area contributed by atoms with Crippen molar-refractivity contribution in [3.8, 4) is 0 Å². The number of nitrogens with one attached hydrogen (secondary N) is 1. The molecule has 1 atom stereocenters. The van der Waals surface area contributed by atoms with E-state index >= 15 is 0 Å². The molecular weight excluding hydrogens is 302 g/mol. The second-order valence-corrected chi connectivity index (χ2v) is 7.38. The van der Waals surface area contributed by atoms with Gasteiger partial charge in [-0.3, -0.25) is 4.79 Å². The van der Waals surface area contributed by atoms with Crippen LogP contribution in [0.4, 0.5) is 0 Å². The first-order chi connectivity index (χ1) is 10.2. The van der Waals surface area contributed by atoms with E-state index in [-0.39, 0.29) is 16.8 Å². The van der Waals surface area contributed by atoms with Crippen molar-refractivity contribution in [2.75, 3.05) is 6.26 Å². The molecule has 6 heteroatoms. The first kappa shape index (κ1) is 16.3. The monoisotopic (exact) mass is 321 g/mol. The Hall–Kier alpha value is -2.08. The van der Waals surface area contributed by atoms with Crippen molar-refractivity contribution in [2.45, 2.75) is 31.7 Å². The van der Waals surface area contributed by atoms with Crippen LogP contribution >= 0.6 is 0 Å². The molecule has 22 heavy (non-hydrogen) atoms. The van der Waals surface area contributed by atoms with Crippen molar-refractivity contribution in [1.82, 2.24) is 5.32 Å². The fourth-order valence-corrected chi connectivity index (χ4v) is 2.85. The highest BCUT2D eigenvalue weighted by molar-refractivity contribution is 7.90. The van der Waals surface area contributed by atoms with Crippen LogP contribution in [-0.2, 0) is 9.84 Å². The molecule has 2 rings (SSSR count). The van der Waals surface area contributed by atoms with Crippen LogP contribution in [0.25, 0.3) is 0 Å². The molecule has 1 aromatic carbocycles. The maximum absolute atomic E-state index is 12.2. The van der Waals surface area contributed by atoms with Crippen molar-refractivity contribution in [3.05, 3.63) is 53.0 Å². The predicted octanol–water partition coefficient (Wildman–Crippen LogP) is 2.79. The standard InChI is InChI=1S/C16H19NO4S/c1-10-9-15(12(3)21-10)16(18)17-11(2)13-5-7-14(8-6-13)22(4,19)20/h5-9,11H,1-4H3,(H,17,18). The third-order valence-electron chi connectivity index (χ3n) is 3.44. The van der Waals surface area contributed by atoms with Crippen molar-refractivity contribution in [2.24, 2.45) is 0 Å². The van der Waals surface area contributed by atoms with Gasteiger partial charge in [-0.2, -0.15) is 0 Å². The topological polar surface area (TPSA) is 76.4 Å². The zero-order valence-electron chi connectivity index (χ0n) is 13.0. The molecule has 0 spiro atoms. The first-order valence-electron chi connectivity index (χ1n) is 6.86. The molecule has 0 aliphatic rings. The molecule has 1 aromatic heterocycles. The Kier molecular flexibility index (Phi) is 4.42. The lowest BCUT2D eigenvalue weighted by Crippen LogP contribution is -2.26. The number of hydrogen-bond acceptors (Lipinski definition) is 4. The fourth-order valence-electron chi connectivity index (χ4n) is 2.22. The molecule has 118 valence electrons. The van der Waals surface area contributed by atoms with Gasteiger partial charge in [0.15, 0.2) is 9.84 Å². The molecule has 5 nitrogen and oxygen atoms in total. The molecule has 0 saturated heterocycles. The summed E-state index contributed by atoms with van der Waals surface area (Å²) < 4.78 is 28.2. The largest absolute Gasteiger partial charge is 0.466 e. The Labute approximate surface area is 130 Å². The number of amides is 1. The average molecular weight is 321 g/mol. The lowest BCUT2D eigenvalue weighted by molar-refractivity contribution is 0.0938. The lowest BCUT2D eigenvalue weighted by atomic mass is 10.1. The zero-order valence-corrected chi connectivity index (χ0v) is 13.8. The van der Waals surface area contributed by atoms with Crippen molar-refractivity contribution >= 4 is 15.7 Å². The Morgan fingerprint density at radius 2 is 1.77 bits per heavy atom. The van der Waals surface area contributed by atoms with Gasteiger partial charge in [0.2, 0.25) is 0 Å². The normalized spacial score (nSPS) is 12.9. The van der Waals surface area contributed by atoms with E-state index in [1.54, 1.807) is 44.2 Å². The molecule has 0 aliphatic carbocycles. The van der Waals surface area contributed by atoms with Crippen LogP contribution in [-0.4, -0.2) is 20.6 Å². The summed E-state index contributed by atoms with van der Waals surface area (Å²) in [6.45, 7) is 5.38. The van der Waals surface area contributed by atoms with Crippen molar-refractivity contribution in [3.63, 3.8) is 0 Å². The molecule has 0 saturated carbocycles. The smallest absolute Gasteiger partial charge is 0.255 e. The Bertz CT molecular complexity index is 788. The molecule has 1 amide bonds. The van der Waals surface area contributed by atoms with Gasteiger partial charge >= 0.3 is 0 Å². The van der Waals surface area contributed by atoms with Crippen molar-refractivity contribution in [1.29, 1.82) is 0 Å². The summed E-state index contributed by atoms with van der Waals surface area (Å²) in [5, 5.41) is 2.88. The van der Waals surface area contributed by atoms with Gasteiger partial charge in [-0.1, -0.05) is 12.1 Å². The molecule has 2 aromatic rings. The molecule has 1 unspecified atom stereocenters. The Morgan fingerprint density at radius 1 is 1.18 bits per heavy atom. The van der Waals surface area contributed by atoms with Gasteiger partial charge in [0, 0.05) is 6.26 Å². The van der Waals surface area contributed by atoms with Crippen LogP contribution in [0, 0.1) is 13.8 Å². The number of rotatable bonds is 4. The quantitative estimate of drug-likeness (QED) is 0.939. The highest BCUT2D eigenvalue weighted by atomic mass is 32.2. The molecule has 1 N–H and O–H groups in total. The van der Waals surface area contributed by atoms with Gasteiger partial charge < -0.3 is 9.73 Å². The summed E-state index contributed by atoms with van der Waals surface area (Å²) >= 11 is 0. The summed E-state index contributed by atoms with van der Waals surface area (Å²) in [7, 11) is -3.21. The van der Waals surface area contributed by atoms with Crippen LogP contribution in [0.15, 0.2) is 39.6 Å². The Balaban J connectivity index is 2.14. The predicted molar refractivity (Wildman–Crippen MR) is 83.6 cm³/mol. The molecule has 0 bridgehead atoms. The van der Waals surface area contributed by atoms with E-state index < -0.39 is 9.84 Å². The van der Waals surface area contributed by atoms with Gasteiger partial charge in [-0.15, -0.1) is 0 Å². The summed E-state index contributed by atoms with van der Waals surface area (Å²) in [5.41, 5.74) is 1.34. The van der Waals surface area contributed by atoms with Crippen LogP contribution < -0.4 is 5.32 Å². The minimum absolute atomic E-state index is 0.214. The van der Waals surface area contributed by atoms with Crippen molar-refractivity contribution < 1.29 is 17.6 Å². The van der Waals surface area contributed by atoms with E-state index in [0.29, 0.717) is 17.1 Å². The third-order valence-corrected chi connectivity index (χ3v) is 4.57. The van der Waals surface area contributed by atoms with E-state index in [1.165, 1.54) is 0 Å². The second-order valence-electron chi connectivity index (χ2n) is 5.36. The highest BCUT2D eigenvalue weighted by Crippen LogP contribution is 2.18. The van der Waals surface area contributed by atoms with Gasteiger partial charge in [-0.05, 0) is 44.5 Å². The number of furan rings is 1. The maximum Gasteiger partial charge on any atom is 0.255 e. The summed E-state index contributed by atoms with van der Waals surface area (Å²) in [5.74, 6) is 1.05. The number of aryl methyl sites for hydroxylation is 2. The molecule has 0 radical (unpaired) electrons. The summed E-state index contributed by atoms with van der Waals surface area (Å²) in [4.78, 5) is 12.5. The van der Waals surface area contributed by atoms with Gasteiger partial charge in [0.05, 0.1) is 16.5 Å². The van der Waals surface area contributed by atoms with E-state index in [9.17, 15) is 13.2 Å². The van der Waals surface area contributed by atoms with E-state index in [0.717, 1.165) is 11.8 Å². The minimum Gasteiger partial charge on any atom is -0.466 e. The molecule has 0 fully saturated rings. The SMILES string of the molecule is Cc1cc(C(=O)NC(C)c2ccc(S(C)(=O)=O)cc2)c(C)o1. The number of carbonyl (C=O) groups is 1. The highest BCUT2D eigenvalue weighted by Gasteiger charge is 2.17. The van der Waals surface area contributed by atoms with Crippen LogP contribution in [0.3, 0.4) is 0 Å². The molecule has 1 heterocycles. The zero-order chi connectivity index (χ0) is 16.5.